The summed E-state index contributed by atoms with van der Waals surface area (Å²) in [6, 6.07) is 7.32. The number of hydrogen-bond acceptors (Lipinski definition) is 10. The topological polar surface area (TPSA) is 219 Å². The van der Waals surface area contributed by atoms with Crippen LogP contribution in [0.1, 0.15) is 22.1 Å². The highest BCUT2D eigenvalue weighted by molar-refractivity contribution is 7.72. The summed E-state index contributed by atoms with van der Waals surface area (Å²) in [6.07, 6.45) is -4.64. The van der Waals surface area contributed by atoms with E-state index in [2.05, 4.69) is 5.16 Å². The number of aliphatic hydroxyl groups is 2. The molecule has 0 radical (unpaired) electrons. The summed E-state index contributed by atoms with van der Waals surface area (Å²) < 4.78 is 35.7. The van der Waals surface area contributed by atoms with Gasteiger partial charge in [0.2, 0.25) is 7.37 Å². The average Bonchev–Trinajstić information content (AvgIpc) is 3.08. The van der Waals surface area contributed by atoms with Gasteiger partial charge in [0.05, 0.1) is 12.2 Å². The molecule has 15 nitrogen and oxygen atoms in total. The molecular formula is C20H27N3O12P2. The number of ether oxygens (including phenoxy) is 1. The van der Waals surface area contributed by atoms with Crippen molar-refractivity contribution in [2.24, 2.45) is 12.2 Å². The molecule has 0 aliphatic carbocycles. The van der Waals surface area contributed by atoms with E-state index in [1.54, 1.807) is 12.1 Å². The van der Waals surface area contributed by atoms with E-state index in [1.807, 2.05) is 0 Å². The Balaban J connectivity index is 1.69. The third kappa shape index (κ3) is 7.46. The van der Waals surface area contributed by atoms with E-state index >= 15 is 0 Å². The summed E-state index contributed by atoms with van der Waals surface area (Å²) in [7, 11) is -6.97. The summed E-state index contributed by atoms with van der Waals surface area (Å²) in [5, 5.41) is 33.5. The monoisotopic (exact) mass is 563 g/mol. The summed E-state index contributed by atoms with van der Waals surface area (Å²) in [4.78, 5) is 48.0. The molecule has 0 bridgehead atoms. The third-order valence-electron chi connectivity index (χ3n) is 5.32. The van der Waals surface area contributed by atoms with E-state index in [0.29, 0.717) is 5.56 Å². The molecule has 5 N–H and O–H groups in total. The van der Waals surface area contributed by atoms with E-state index < -0.39 is 63.7 Å². The van der Waals surface area contributed by atoms with E-state index in [0.717, 1.165) is 15.8 Å². The smallest absolute Gasteiger partial charge is 0.337 e. The van der Waals surface area contributed by atoms with Crippen LogP contribution in [-0.2, 0) is 36.9 Å². The molecule has 1 aromatic carbocycles. The Labute approximate surface area is 209 Å². The number of nitrogens with zero attached hydrogens (tertiary/aromatic N) is 3. The Morgan fingerprint density at radius 3 is 2.38 bits per heavy atom. The number of aromatic carboxylic acids is 1. The summed E-state index contributed by atoms with van der Waals surface area (Å²) in [5.41, 5.74) is 0.162. The fourth-order valence-corrected chi connectivity index (χ4v) is 6.81. The van der Waals surface area contributed by atoms with Gasteiger partial charge in [0.1, 0.15) is 30.8 Å². The number of carboxylic acids is 1. The van der Waals surface area contributed by atoms with Crippen LogP contribution in [0.3, 0.4) is 0 Å². The van der Waals surface area contributed by atoms with Gasteiger partial charge in [0.25, 0.3) is 0 Å². The van der Waals surface area contributed by atoms with Crippen LogP contribution < -0.4 is 11.2 Å². The maximum absolute atomic E-state index is 12.9. The molecule has 2 aromatic rings. The second-order valence-corrected chi connectivity index (χ2v) is 13.2. The number of carboxylic acid groups (broad SMARTS) is 1. The highest BCUT2D eigenvalue weighted by atomic mass is 31.2. The van der Waals surface area contributed by atoms with Gasteiger partial charge >= 0.3 is 19.3 Å². The minimum Gasteiger partial charge on any atom is -0.478 e. The molecule has 2 heterocycles. The lowest BCUT2D eigenvalue weighted by Crippen LogP contribution is -2.42. The number of rotatable bonds is 10. The van der Waals surface area contributed by atoms with Crippen LogP contribution in [0, 0.1) is 0 Å². The van der Waals surface area contributed by atoms with Crippen molar-refractivity contribution in [2.45, 2.75) is 31.1 Å². The minimum atomic E-state index is -4.48. The van der Waals surface area contributed by atoms with Crippen molar-refractivity contribution in [3.63, 3.8) is 0 Å². The molecule has 1 aliphatic heterocycles. The zero-order valence-corrected chi connectivity index (χ0v) is 21.5. The minimum absolute atomic E-state index is 0.000211. The van der Waals surface area contributed by atoms with Crippen LogP contribution in [0.5, 0.6) is 0 Å². The van der Waals surface area contributed by atoms with Gasteiger partial charge in [0, 0.05) is 26.0 Å². The zero-order chi connectivity index (χ0) is 27.5. The fourth-order valence-electron chi connectivity index (χ4n) is 3.45. The van der Waals surface area contributed by atoms with Gasteiger partial charge in [0.15, 0.2) is 11.7 Å². The van der Waals surface area contributed by atoms with E-state index in [9.17, 15) is 38.7 Å². The molecule has 37 heavy (non-hydrogen) atoms. The number of hydrogen-bond donors (Lipinski definition) is 5. The fraction of sp³-hybridized carbons (Fsp3) is 0.450. The molecule has 4 unspecified atom stereocenters. The maximum atomic E-state index is 12.9. The van der Waals surface area contributed by atoms with Gasteiger partial charge in [-0.2, -0.15) is 0 Å². The van der Waals surface area contributed by atoms with Gasteiger partial charge in [-0.25, -0.2) is 9.59 Å². The highest BCUT2D eigenvalue weighted by Crippen LogP contribution is 2.55. The highest BCUT2D eigenvalue weighted by Gasteiger charge is 2.45. The predicted octanol–water partition coefficient (Wildman–Crippen LogP) is -0.404. The molecular weight excluding hydrogens is 536 g/mol. The van der Waals surface area contributed by atoms with Crippen LogP contribution in [0.4, 0.5) is 0 Å². The van der Waals surface area contributed by atoms with Crippen LogP contribution in [0.15, 0.2) is 46.5 Å². The van der Waals surface area contributed by atoms with Crippen molar-refractivity contribution in [2.75, 3.05) is 19.2 Å². The summed E-state index contributed by atoms with van der Waals surface area (Å²) in [5.74, 6) is -2.05. The van der Waals surface area contributed by atoms with Gasteiger partial charge < -0.3 is 39.2 Å². The van der Waals surface area contributed by atoms with Gasteiger partial charge in [-0.15, -0.1) is 0 Å². The molecule has 1 saturated heterocycles. The Morgan fingerprint density at radius 1 is 1.14 bits per heavy atom. The standard InChI is InChI=1S/C20H27N3O12P2/c1-22-15(21-33-9-12-3-5-13(6-4-12)19(26)27)7-8-23(20(22)28)18-17(25)16(24)14(35-18)10-34-37(31,32)11-36(2,29)30/h3-8,14,16-18,24-25H,9-11H2,1-2H3,(H,26,27)(H,29,30)(H,31,32)/b21-15-/t14-,16?,17?,18-/m1/s1. The Kier molecular flexibility index (Phi) is 8.93. The first-order chi connectivity index (χ1) is 17.2. The Morgan fingerprint density at radius 2 is 1.78 bits per heavy atom. The average molecular weight is 563 g/mol. The van der Waals surface area contributed by atoms with E-state index in [1.165, 1.54) is 31.4 Å². The molecule has 0 amide bonds. The van der Waals surface area contributed by atoms with Crippen LogP contribution >= 0.6 is 15.0 Å². The molecule has 1 aliphatic rings. The van der Waals surface area contributed by atoms with Crippen molar-refractivity contribution in [3.8, 4) is 0 Å². The molecule has 17 heteroatoms. The quantitative estimate of drug-likeness (QED) is 0.184. The zero-order valence-electron chi connectivity index (χ0n) is 19.7. The van der Waals surface area contributed by atoms with Crippen LogP contribution in [-0.4, -0.2) is 77.7 Å². The van der Waals surface area contributed by atoms with Gasteiger partial charge in [-0.05, 0) is 17.7 Å². The first-order valence-corrected chi connectivity index (χ1v) is 14.8. The Hall–Kier alpha value is -2.61. The second-order valence-electron chi connectivity index (χ2n) is 8.46. The molecule has 0 saturated carbocycles. The molecule has 0 spiro atoms. The van der Waals surface area contributed by atoms with Crippen molar-refractivity contribution in [3.05, 3.63) is 63.6 Å². The number of benzene rings is 1. The predicted molar refractivity (Wildman–Crippen MR) is 126 cm³/mol. The summed E-state index contributed by atoms with van der Waals surface area (Å²) >= 11 is 0. The number of aromatic nitrogens is 2. The van der Waals surface area contributed by atoms with E-state index in [-0.39, 0.29) is 17.7 Å². The van der Waals surface area contributed by atoms with Crippen molar-refractivity contribution < 1.29 is 53.1 Å². The maximum Gasteiger partial charge on any atom is 0.337 e. The SMILES string of the molecule is Cn1c(=O)n([C@@H]2O[C@H](COP(=O)(O)CP(C)(=O)O)C(O)C2O)cc/c1=N/OCc1ccc(C(=O)O)cc1. The summed E-state index contributed by atoms with van der Waals surface area (Å²) in [6.45, 7) is 0.212. The van der Waals surface area contributed by atoms with Crippen molar-refractivity contribution in [1.29, 1.82) is 0 Å². The third-order valence-corrected chi connectivity index (χ3v) is 9.40. The van der Waals surface area contributed by atoms with Gasteiger partial charge in [-0.1, -0.05) is 17.3 Å². The largest absolute Gasteiger partial charge is 0.478 e. The molecule has 1 fully saturated rings. The second kappa shape index (κ2) is 11.4. The molecule has 1 aromatic heterocycles. The molecule has 204 valence electrons. The van der Waals surface area contributed by atoms with Crippen molar-refractivity contribution >= 4 is 20.9 Å². The number of carbonyl (C=O) groups is 1. The number of aliphatic hydroxyl groups excluding tert-OH is 2. The Bertz CT molecular complexity index is 1350. The van der Waals surface area contributed by atoms with E-state index in [4.69, 9.17) is 19.2 Å². The normalized spacial score (nSPS) is 25.4. The first-order valence-electron chi connectivity index (χ1n) is 10.7. The lowest BCUT2D eigenvalue weighted by atomic mass is 10.1. The van der Waals surface area contributed by atoms with Crippen LogP contribution in [0.25, 0.3) is 0 Å². The molecule has 3 rings (SSSR count). The first kappa shape index (κ1) is 29.0. The van der Waals surface area contributed by atoms with Crippen LogP contribution in [0.2, 0.25) is 0 Å². The van der Waals surface area contributed by atoms with Crippen molar-refractivity contribution in [1.82, 2.24) is 9.13 Å². The lowest BCUT2D eigenvalue weighted by Gasteiger charge is -2.19. The van der Waals surface area contributed by atoms with Gasteiger partial charge in [-0.3, -0.25) is 18.3 Å². The lowest BCUT2D eigenvalue weighted by molar-refractivity contribution is -0.0530. The molecule has 6 atom stereocenters.